The molecule has 0 fully saturated rings. The number of furan rings is 1. The van der Waals surface area contributed by atoms with Crippen LogP contribution in [0.5, 0.6) is 5.75 Å². The molecule has 2 aromatic carbocycles. The van der Waals surface area contributed by atoms with E-state index >= 15 is 0 Å². The third-order valence-corrected chi connectivity index (χ3v) is 6.03. The summed E-state index contributed by atoms with van der Waals surface area (Å²) in [4.78, 5) is 16.9. The molecule has 1 N–H and O–H groups in total. The highest BCUT2D eigenvalue weighted by Crippen LogP contribution is 2.28. The van der Waals surface area contributed by atoms with E-state index in [1.165, 1.54) is 28.9 Å². The number of nitrogens with zero attached hydrogens (tertiary/aromatic N) is 1. The van der Waals surface area contributed by atoms with Crippen LogP contribution in [0.2, 0.25) is 0 Å². The maximum absolute atomic E-state index is 12.5. The van der Waals surface area contributed by atoms with E-state index in [4.69, 9.17) is 9.15 Å². The third-order valence-electron chi connectivity index (χ3n) is 5.10. The predicted molar refractivity (Wildman–Crippen MR) is 114 cm³/mol. The Labute approximate surface area is 172 Å². The fraction of sp³-hybridized carbons (Fsp3) is 0.217. The molecule has 146 valence electrons. The number of hydrogen-bond donors (Lipinski definition) is 1. The Morgan fingerprint density at radius 3 is 2.97 bits per heavy atom. The molecule has 1 aliphatic carbocycles. The Kier molecular flexibility index (Phi) is 4.56. The molecule has 0 atom stereocenters. The lowest BCUT2D eigenvalue weighted by Crippen LogP contribution is -2.10. The van der Waals surface area contributed by atoms with Crippen LogP contribution in [0.4, 0.5) is 5.13 Å². The first-order chi connectivity index (χ1) is 14.1. The lowest BCUT2D eigenvalue weighted by atomic mass is 10.1. The lowest BCUT2D eigenvalue weighted by Gasteiger charge is -2.06. The van der Waals surface area contributed by atoms with Gasteiger partial charge in [-0.1, -0.05) is 23.5 Å². The van der Waals surface area contributed by atoms with Crippen LogP contribution in [0, 0.1) is 6.92 Å². The van der Waals surface area contributed by atoms with Gasteiger partial charge in [-0.05, 0) is 79.3 Å². The fourth-order valence-electron chi connectivity index (χ4n) is 3.61. The molecule has 0 aliphatic heterocycles. The van der Waals surface area contributed by atoms with Crippen LogP contribution in [0.1, 0.15) is 39.4 Å². The van der Waals surface area contributed by atoms with E-state index < -0.39 is 0 Å². The molecule has 29 heavy (non-hydrogen) atoms. The number of carbonyl (C=O) groups excluding carboxylic acids is 1. The number of anilines is 1. The van der Waals surface area contributed by atoms with Gasteiger partial charge in [-0.15, -0.1) is 0 Å². The molecule has 0 radical (unpaired) electrons. The predicted octanol–water partition coefficient (Wildman–Crippen LogP) is 5.52. The van der Waals surface area contributed by atoms with Gasteiger partial charge >= 0.3 is 0 Å². The summed E-state index contributed by atoms with van der Waals surface area (Å²) in [5.41, 5.74) is 4.82. The number of carbonyl (C=O) groups is 1. The van der Waals surface area contributed by atoms with Crippen LogP contribution in [0.3, 0.4) is 0 Å². The van der Waals surface area contributed by atoms with Gasteiger partial charge in [0.2, 0.25) is 0 Å². The molecule has 5 rings (SSSR count). The zero-order chi connectivity index (χ0) is 19.8. The second kappa shape index (κ2) is 7.37. The monoisotopic (exact) mass is 404 g/mol. The Morgan fingerprint density at radius 1 is 1.14 bits per heavy atom. The number of thiazole rings is 1. The largest absolute Gasteiger partial charge is 0.486 e. The van der Waals surface area contributed by atoms with Gasteiger partial charge in [0, 0.05) is 0 Å². The maximum Gasteiger partial charge on any atom is 0.293 e. The molecule has 4 aromatic rings. The van der Waals surface area contributed by atoms with Crippen molar-refractivity contribution in [3.05, 3.63) is 76.7 Å². The van der Waals surface area contributed by atoms with Crippen LogP contribution in [0.25, 0.3) is 10.2 Å². The highest BCUT2D eigenvalue weighted by atomic mass is 32.1. The van der Waals surface area contributed by atoms with Crippen LogP contribution >= 0.6 is 11.3 Å². The number of ether oxygens (including phenoxy) is 1. The number of nitrogens with one attached hydrogen (secondary N) is 1. The van der Waals surface area contributed by atoms with Gasteiger partial charge in [0.05, 0.1) is 10.2 Å². The summed E-state index contributed by atoms with van der Waals surface area (Å²) in [6.07, 6.45) is 3.48. The Bertz CT molecular complexity index is 1210. The molecule has 0 saturated carbocycles. The van der Waals surface area contributed by atoms with E-state index in [2.05, 4.69) is 28.5 Å². The minimum absolute atomic E-state index is 0.244. The van der Waals surface area contributed by atoms with Crippen LogP contribution in [-0.2, 0) is 19.4 Å². The summed E-state index contributed by atoms with van der Waals surface area (Å²) in [7, 11) is 0. The summed E-state index contributed by atoms with van der Waals surface area (Å²) in [5, 5.41) is 3.37. The highest BCUT2D eigenvalue weighted by Gasteiger charge is 2.15. The first kappa shape index (κ1) is 17.9. The number of hydrogen-bond acceptors (Lipinski definition) is 5. The summed E-state index contributed by atoms with van der Waals surface area (Å²) in [5.74, 6) is 1.37. The SMILES string of the molecule is Cc1ccc2nc(NC(=O)c3ccc(COc4ccc5c(c4)CCC5)o3)sc2c1. The molecular weight excluding hydrogens is 384 g/mol. The fourth-order valence-corrected chi connectivity index (χ4v) is 4.57. The number of aromatic nitrogens is 1. The standard InChI is InChI=1S/C23H20N2O3S/c1-14-5-9-19-21(11-14)29-23(24-19)25-22(26)20-10-8-18(28-20)13-27-17-7-6-15-3-2-4-16(15)12-17/h5-12H,2-4,13H2,1H3,(H,24,25,26). The smallest absolute Gasteiger partial charge is 0.293 e. The number of benzene rings is 2. The van der Waals surface area contributed by atoms with Gasteiger partial charge < -0.3 is 9.15 Å². The number of rotatable bonds is 5. The third kappa shape index (κ3) is 3.76. The second-order valence-corrected chi connectivity index (χ2v) is 8.31. The highest BCUT2D eigenvalue weighted by molar-refractivity contribution is 7.22. The van der Waals surface area contributed by atoms with Crippen LogP contribution in [0.15, 0.2) is 52.9 Å². The van der Waals surface area contributed by atoms with Crippen molar-refractivity contribution < 1.29 is 13.9 Å². The molecule has 2 heterocycles. The zero-order valence-corrected chi connectivity index (χ0v) is 16.8. The van der Waals surface area contributed by atoms with E-state index in [1.807, 2.05) is 25.1 Å². The number of amides is 1. The minimum Gasteiger partial charge on any atom is -0.486 e. The molecular formula is C23H20N2O3S. The topological polar surface area (TPSA) is 64.4 Å². The minimum atomic E-state index is -0.315. The Hall–Kier alpha value is -3.12. The van der Waals surface area contributed by atoms with Crippen molar-refractivity contribution in [1.29, 1.82) is 0 Å². The van der Waals surface area contributed by atoms with Gasteiger partial charge in [0.1, 0.15) is 18.1 Å². The average Bonchev–Trinajstić information content (AvgIpc) is 3.44. The average molecular weight is 404 g/mol. The van der Waals surface area contributed by atoms with Crippen molar-refractivity contribution in [3.63, 3.8) is 0 Å². The van der Waals surface area contributed by atoms with Gasteiger partial charge in [0.25, 0.3) is 5.91 Å². The van der Waals surface area contributed by atoms with Crippen molar-refractivity contribution in [3.8, 4) is 5.75 Å². The molecule has 1 amide bonds. The van der Waals surface area contributed by atoms with E-state index in [-0.39, 0.29) is 18.3 Å². The molecule has 1 aliphatic rings. The summed E-state index contributed by atoms with van der Waals surface area (Å²) >= 11 is 1.45. The van der Waals surface area contributed by atoms with Gasteiger partial charge in [0.15, 0.2) is 10.9 Å². The molecule has 5 nitrogen and oxygen atoms in total. The Balaban J connectivity index is 1.23. The first-order valence-electron chi connectivity index (χ1n) is 9.66. The molecule has 6 heteroatoms. The van der Waals surface area contributed by atoms with Crippen molar-refractivity contribution in [2.75, 3.05) is 5.32 Å². The van der Waals surface area contributed by atoms with Gasteiger partial charge in [-0.25, -0.2) is 4.98 Å². The summed E-state index contributed by atoms with van der Waals surface area (Å²) < 4.78 is 12.6. The van der Waals surface area contributed by atoms with Gasteiger partial charge in [-0.3, -0.25) is 10.1 Å². The van der Waals surface area contributed by atoms with Crippen molar-refractivity contribution in [2.45, 2.75) is 32.8 Å². The molecule has 0 unspecified atom stereocenters. The first-order valence-corrected chi connectivity index (χ1v) is 10.5. The molecule has 2 aromatic heterocycles. The maximum atomic E-state index is 12.5. The second-order valence-electron chi connectivity index (χ2n) is 7.28. The van der Waals surface area contributed by atoms with Crippen LogP contribution in [-0.4, -0.2) is 10.9 Å². The number of fused-ring (bicyclic) bond motifs is 2. The van der Waals surface area contributed by atoms with E-state index in [0.717, 1.165) is 34.4 Å². The Morgan fingerprint density at radius 2 is 2.03 bits per heavy atom. The van der Waals surface area contributed by atoms with E-state index in [9.17, 15) is 4.79 Å². The van der Waals surface area contributed by atoms with E-state index in [0.29, 0.717) is 10.9 Å². The van der Waals surface area contributed by atoms with Crippen molar-refractivity contribution in [2.24, 2.45) is 0 Å². The normalized spacial score (nSPS) is 12.9. The number of aryl methyl sites for hydroxylation is 3. The zero-order valence-electron chi connectivity index (χ0n) is 16.0. The summed E-state index contributed by atoms with van der Waals surface area (Å²) in [6, 6.07) is 15.7. The van der Waals surface area contributed by atoms with Crippen molar-refractivity contribution in [1.82, 2.24) is 4.98 Å². The quantitative estimate of drug-likeness (QED) is 0.476. The molecule has 0 saturated heterocycles. The van der Waals surface area contributed by atoms with Crippen molar-refractivity contribution >= 4 is 32.6 Å². The summed E-state index contributed by atoms with van der Waals surface area (Å²) in [6.45, 7) is 2.32. The van der Waals surface area contributed by atoms with Gasteiger partial charge in [-0.2, -0.15) is 0 Å². The van der Waals surface area contributed by atoms with Crippen LogP contribution < -0.4 is 10.1 Å². The lowest BCUT2D eigenvalue weighted by molar-refractivity contribution is 0.0992. The molecule has 0 bridgehead atoms. The molecule has 0 spiro atoms. The van der Waals surface area contributed by atoms with E-state index in [1.54, 1.807) is 12.1 Å².